The molecule has 8 heteroatoms. The molecule has 2 aromatic carbocycles. The van der Waals surface area contributed by atoms with E-state index in [1.807, 2.05) is 14.1 Å². The molecular weight excluding hydrogens is 373 g/mol. The minimum Gasteiger partial charge on any atom is -0.369 e. The average Bonchev–Trinajstić information content (AvgIpc) is 2.70. The van der Waals surface area contributed by atoms with Gasteiger partial charge in [-0.1, -0.05) is 18.2 Å². The van der Waals surface area contributed by atoms with Crippen LogP contribution in [0.3, 0.4) is 0 Å². The molecule has 0 unspecified atom stereocenters. The summed E-state index contributed by atoms with van der Waals surface area (Å²) in [6, 6.07) is 10.6. The van der Waals surface area contributed by atoms with E-state index in [-0.39, 0.29) is 11.5 Å². The van der Waals surface area contributed by atoms with Gasteiger partial charge in [-0.05, 0) is 56.9 Å². The van der Waals surface area contributed by atoms with E-state index in [2.05, 4.69) is 20.2 Å². The number of nitrogens with zero attached hydrogens (tertiary/aromatic N) is 4. The number of nitrogens with one attached hydrogen (secondary N) is 1. The monoisotopic (exact) mass is 395 g/mol. The quantitative estimate of drug-likeness (QED) is 0.349. The number of nitro groups is 1. The van der Waals surface area contributed by atoms with Gasteiger partial charge in [0, 0.05) is 24.1 Å². The lowest BCUT2D eigenvalue weighted by Crippen LogP contribution is -2.17. The van der Waals surface area contributed by atoms with Gasteiger partial charge in [-0.2, -0.15) is 0 Å². The zero-order chi connectivity index (χ0) is 20.8. The first kappa shape index (κ1) is 20.3. The molecule has 0 fully saturated rings. The van der Waals surface area contributed by atoms with Gasteiger partial charge in [0.2, 0.25) is 0 Å². The molecule has 0 saturated carbocycles. The predicted molar refractivity (Wildman–Crippen MR) is 113 cm³/mol. The van der Waals surface area contributed by atoms with Gasteiger partial charge in [-0.15, -0.1) is 0 Å². The number of aromatic nitrogens is 2. The molecule has 0 atom stereocenters. The minimum atomic E-state index is -0.445. The number of nitro benzene ring substituents is 1. The summed E-state index contributed by atoms with van der Waals surface area (Å²) >= 11 is 0. The van der Waals surface area contributed by atoms with E-state index in [9.17, 15) is 14.5 Å². The molecule has 0 spiro atoms. The van der Waals surface area contributed by atoms with E-state index in [0.29, 0.717) is 23.7 Å². The lowest BCUT2D eigenvalue weighted by atomic mass is 10.2. The zero-order valence-corrected chi connectivity index (χ0v) is 16.3. The van der Waals surface area contributed by atoms with Crippen LogP contribution in [0.1, 0.15) is 17.8 Å². The maximum absolute atomic E-state index is 13.1. The topological polar surface area (TPSA) is 84.2 Å². The zero-order valence-electron chi connectivity index (χ0n) is 16.3. The van der Waals surface area contributed by atoms with Crippen LogP contribution in [-0.4, -0.2) is 47.0 Å². The van der Waals surface area contributed by atoms with Crippen molar-refractivity contribution in [3.63, 3.8) is 0 Å². The summed E-state index contributed by atoms with van der Waals surface area (Å²) in [4.78, 5) is 21.8. The van der Waals surface area contributed by atoms with Gasteiger partial charge in [-0.25, -0.2) is 14.4 Å². The number of benzene rings is 2. The second kappa shape index (κ2) is 9.20. The average molecular weight is 395 g/mol. The smallest absolute Gasteiger partial charge is 0.271 e. The third kappa shape index (κ3) is 5.55. The molecule has 0 radical (unpaired) electrons. The molecule has 7 nitrogen and oxygen atoms in total. The second-order valence-electron chi connectivity index (χ2n) is 6.86. The van der Waals surface area contributed by atoms with Crippen molar-refractivity contribution >= 4 is 34.6 Å². The van der Waals surface area contributed by atoms with E-state index in [1.54, 1.807) is 30.4 Å². The van der Waals surface area contributed by atoms with Crippen LogP contribution in [0.25, 0.3) is 23.1 Å². The van der Waals surface area contributed by atoms with Crippen molar-refractivity contribution in [3.05, 3.63) is 69.8 Å². The molecule has 0 aliphatic carbocycles. The number of halogens is 1. The Balaban J connectivity index is 1.93. The summed E-state index contributed by atoms with van der Waals surface area (Å²) in [6.45, 7) is 1.64. The van der Waals surface area contributed by atoms with Crippen LogP contribution in [0.15, 0.2) is 42.5 Å². The number of rotatable bonds is 8. The standard InChI is InChI=1S/C21H22FN5O2/c1-26(2)13-3-12-23-21-18-10-9-17(27(28)29)14-19(18)24-20(25-21)11-6-15-4-7-16(22)8-5-15/h4-11,14H,3,12-13H2,1-2H3,(H,23,24,25). The number of hydrogen-bond acceptors (Lipinski definition) is 6. The van der Waals surface area contributed by atoms with Crippen LogP contribution in [0.2, 0.25) is 0 Å². The second-order valence-corrected chi connectivity index (χ2v) is 6.86. The molecule has 29 heavy (non-hydrogen) atoms. The fourth-order valence-corrected chi connectivity index (χ4v) is 2.81. The van der Waals surface area contributed by atoms with E-state index in [0.717, 1.165) is 23.9 Å². The van der Waals surface area contributed by atoms with Gasteiger partial charge in [0.15, 0.2) is 5.82 Å². The molecule has 0 aliphatic heterocycles. The number of fused-ring (bicyclic) bond motifs is 1. The Kier molecular flexibility index (Phi) is 6.46. The Morgan fingerprint density at radius 3 is 2.59 bits per heavy atom. The summed E-state index contributed by atoms with van der Waals surface area (Å²) in [7, 11) is 4.02. The predicted octanol–water partition coefficient (Wildman–Crippen LogP) is 4.21. The van der Waals surface area contributed by atoms with Crippen LogP contribution in [-0.2, 0) is 0 Å². The highest BCUT2D eigenvalue weighted by molar-refractivity contribution is 5.91. The number of hydrogen-bond donors (Lipinski definition) is 1. The van der Waals surface area contributed by atoms with Crippen molar-refractivity contribution < 1.29 is 9.31 Å². The molecule has 0 aliphatic rings. The van der Waals surface area contributed by atoms with Gasteiger partial charge in [0.1, 0.15) is 11.6 Å². The fraction of sp³-hybridized carbons (Fsp3) is 0.238. The molecule has 3 rings (SSSR count). The highest BCUT2D eigenvalue weighted by Crippen LogP contribution is 2.25. The van der Waals surface area contributed by atoms with E-state index >= 15 is 0 Å². The Morgan fingerprint density at radius 1 is 1.14 bits per heavy atom. The van der Waals surface area contributed by atoms with Crippen LogP contribution in [0, 0.1) is 15.9 Å². The number of non-ortho nitro benzene ring substituents is 1. The van der Waals surface area contributed by atoms with Crippen molar-refractivity contribution in [3.8, 4) is 0 Å². The maximum Gasteiger partial charge on any atom is 0.271 e. The SMILES string of the molecule is CN(C)CCCNc1nc(C=Cc2ccc(F)cc2)nc2cc([N+](=O)[O-])ccc12. The highest BCUT2D eigenvalue weighted by atomic mass is 19.1. The van der Waals surface area contributed by atoms with Gasteiger partial charge >= 0.3 is 0 Å². The van der Waals surface area contributed by atoms with Crippen LogP contribution < -0.4 is 5.32 Å². The Hall–Kier alpha value is -3.39. The first-order valence-corrected chi connectivity index (χ1v) is 9.21. The summed E-state index contributed by atoms with van der Waals surface area (Å²) in [5, 5.41) is 15.2. The Morgan fingerprint density at radius 2 is 1.90 bits per heavy atom. The van der Waals surface area contributed by atoms with Gasteiger partial charge in [-0.3, -0.25) is 10.1 Å². The summed E-state index contributed by atoms with van der Waals surface area (Å²) in [6.07, 6.45) is 4.40. The molecule has 1 aromatic heterocycles. The molecule has 0 amide bonds. The van der Waals surface area contributed by atoms with E-state index in [4.69, 9.17) is 0 Å². The van der Waals surface area contributed by atoms with E-state index < -0.39 is 4.92 Å². The van der Waals surface area contributed by atoms with Crippen LogP contribution in [0.5, 0.6) is 0 Å². The summed E-state index contributed by atoms with van der Waals surface area (Å²) in [5.41, 5.74) is 1.26. The van der Waals surface area contributed by atoms with Crippen molar-refractivity contribution in [2.75, 3.05) is 32.5 Å². The molecule has 0 bridgehead atoms. The molecular formula is C21H22FN5O2. The van der Waals surface area contributed by atoms with E-state index in [1.165, 1.54) is 24.3 Å². The highest BCUT2D eigenvalue weighted by Gasteiger charge is 2.12. The third-order valence-corrected chi connectivity index (χ3v) is 4.28. The molecule has 3 aromatic rings. The van der Waals surface area contributed by atoms with Gasteiger partial charge in [0.25, 0.3) is 5.69 Å². The maximum atomic E-state index is 13.1. The number of anilines is 1. The summed E-state index contributed by atoms with van der Waals surface area (Å²) < 4.78 is 13.1. The molecule has 0 saturated heterocycles. The van der Waals surface area contributed by atoms with Crippen LogP contribution in [0.4, 0.5) is 15.9 Å². The van der Waals surface area contributed by atoms with Gasteiger partial charge < -0.3 is 10.2 Å². The molecule has 1 heterocycles. The van der Waals surface area contributed by atoms with Crippen molar-refractivity contribution in [1.29, 1.82) is 0 Å². The third-order valence-electron chi connectivity index (χ3n) is 4.28. The minimum absolute atomic E-state index is 0.0248. The van der Waals surface area contributed by atoms with Crippen molar-refractivity contribution in [2.45, 2.75) is 6.42 Å². The lowest BCUT2D eigenvalue weighted by Gasteiger charge is -2.12. The molecule has 150 valence electrons. The first-order valence-electron chi connectivity index (χ1n) is 9.21. The van der Waals surface area contributed by atoms with Gasteiger partial charge in [0.05, 0.1) is 10.4 Å². The Labute approximate surface area is 168 Å². The Bertz CT molecular complexity index is 1040. The largest absolute Gasteiger partial charge is 0.369 e. The van der Waals surface area contributed by atoms with Crippen LogP contribution >= 0.6 is 0 Å². The fourth-order valence-electron chi connectivity index (χ4n) is 2.81. The van der Waals surface area contributed by atoms with Crippen molar-refractivity contribution in [2.24, 2.45) is 0 Å². The molecule has 1 N–H and O–H groups in total. The summed E-state index contributed by atoms with van der Waals surface area (Å²) in [5.74, 6) is 0.737. The van der Waals surface area contributed by atoms with Crippen molar-refractivity contribution in [1.82, 2.24) is 14.9 Å². The normalized spacial score (nSPS) is 11.4. The lowest BCUT2D eigenvalue weighted by molar-refractivity contribution is -0.384. The first-order chi connectivity index (χ1) is 13.9.